The summed E-state index contributed by atoms with van der Waals surface area (Å²) in [7, 11) is 2.96. The number of benzene rings is 1. The molecule has 0 N–H and O–H groups in total. The Kier molecular flexibility index (Phi) is 5.79. The quantitative estimate of drug-likeness (QED) is 0.712. The molecule has 4 rings (SSSR count). The van der Waals surface area contributed by atoms with Gasteiger partial charge in [0.05, 0.1) is 25.8 Å². The first-order valence-electron chi connectivity index (χ1n) is 10.2. The first kappa shape index (κ1) is 20.1. The molecule has 0 radical (unpaired) electrons. The molecule has 1 aromatic heterocycles. The SMILES string of the molecule is COC(=O)[C@H]1CC(=O)CC2=C(C=CCc3cccc(c3)C1)Cc1ccc(OC)nc12. The lowest BCUT2D eigenvalue weighted by Gasteiger charge is -2.15. The highest BCUT2D eigenvalue weighted by molar-refractivity contribution is 5.95. The highest BCUT2D eigenvalue weighted by Crippen LogP contribution is 2.36. The van der Waals surface area contributed by atoms with E-state index < -0.39 is 5.92 Å². The maximum atomic E-state index is 13.0. The van der Waals surface area contributed by atoms with Gasteiger partial charge in [-0.25, -0.2) is 4.98 Å². The summed E-state index contributed by atoms with van der Waals surface area (Å²) in [5.74, 6) is -0.290. The van der Waals surface area contributed by atoms with Crippen molar-refractivity contribution in [2.75, 3.05) is 14.2 Å². The molecule has 5 nitrogen and oxygen atoms in total. The van der Waals surface area contributed by atoms with Crippen LogP contribution in [0.2, 0.25) is 0 Å². The van der Waals surface area contributed by atoms with Gasteiger partial charge in [-0.15, -0.1) is 0 Å². The van der Waals surface area contributed by atoms with Crippen LogP contribution in [0.25, 0.3) is 5.57 Å². The number of ketones is 1. The Balaban J connectivity index is 1.74. The van der Waals surface area contributed by atoms with E-state index in [2.05, 4.69) is 29.3 Å². The average Bonchev–Trinajstić information content (AvgIpc) is 3.09. The summed E-state index contributed by atoms with van der Waals surface area (Å²) in [6, 6.07) is 12.0. The number of carbonyl (C=O) groups is 2. The Hall–Kier alpha value is -3.21. The molecule has 0 saturated carbocycles. The molecule has 30 heavy (non-hydrogen) atoms. The van der Waals surface area contributed by atoms with Gasteiger partial charge >= 0.3 is 5.97 Å². The lowest BCUT2D eigenvalue weighted by molar-refractivity contribution is -0.147. The smallest absolute Gasteiger partial charge is 0.309 e. The van der Waals surface area contributed by atoms with Crippen molar-refractivity contribution < 1.29 is 19.1 Å². The minimum Gasteiger partial charge on any atom is -0.481 e. The molecule has 0 saturated heterocycles. The molecule has 1 heterocycles. The van der Waals surface area contributed by atoms with Crippen LogP contribution in [-0.2, 0) is 33.6 Å². The maximum absolute atomic E-state index is 13.0. The largest absolute Gasteiger partial charge is 0.481 e. The number of nitrogens with zero attached hydrogens (tertiary/aromatic N) is 1. The van der Waals surface area contributed by atoms with Crippen molar-refractivity contribution in [2.45, 2.75) is 32.1 Å². The lowest BCUT2D eigenvalue weighted by Crippen LogP contribution is -2.22. The number of allylic oxidation sites excluding steroid dienone is 4. The number of aromatic nitrogens is 1. The van der Waals surface area contributed by atoms with Crippen LogP contribution in [0.15, 0.2) is 54.1 Å². The summed E-state index contributed by atoms with van der Waals surface area (Å²) < 4.78 is 10.3. The Bertz CT molecular complexity index is 1050. The molecule has 154 valence electrons. The number of esters is 1. The Morgan fingerprint density at radius 1 is 1.07 bits per heavy atom. The molecule has 0 spiro atoms. The minimum absolute atomic E-state index is 0.0131. The number of fused-ring (bicyclic) bond motifs is 4. The van der Waals surface area contributed by atoms with Crippen molar-refractivity contribution in [3.63, 3.8) is 0 Å². The van der Waals surface area contributed by atoms with E-state index in [1.807, 2.05) is 24.3 Å². The van der Waals surface area contributed by atoms with Crippen molar-refractivity contribution in [3.8, 4) is 5.88 Å². The maximum Gasteiger partial charge on any atom is 0.309 e. The number of Topliss-reactive ketones (excluding diaryl/α,β-unsaturated/α-hetero) is 1. The summed E-state index contributed by atoms with van der Waals surface area (Å²) >= 11 is 0. The predicted molar refractivity (Wildman–Crippen MR) is 114 cm³/mol. The second kappa shape index (κ2) is 8.66. The van der Waals surface area contributed by atoms with E-state index >= 15 is 0 Å². The van der Waals surface area contributed by atoms with Crippen LogP contribution in [0.4, 0.5) is 0 Å². The van der Waals surface area contributed by atoms with Crippen LogP contribution in [0.3, 0.4) is 0 Å². The zero-order valence-corrected chi connectivity index (χ0v) is 17.3. The van der Waals surface area contributed by atoms with Gasteiger partial charge in [0, 0.05) is 18.9 Å². The number of hydrogen-bond acceptors (Lipinski definition) is 5. The van der Waals surface area contributed by atoms with Crippen LogP contribution >= 0.6 is 0 Å². The molecule has 1 aromatic carbocycles. The van der Waals surface area contributed by atoms with E-state index in [1.165, 1.54) is 12.7 Å². The molecule has 2 aliphatic rings. The van der Waals surface area contributed by atoms with Gasteiger partial charge in [-0.1, -0.05) is 42.5 Å². The standard InChI is InChI=1S/C25H25NO4/c1-29-23-10-9-19-13-18-8-4-6-16-5-3-7-17(11-16)12-20(25(28)30-2)14-21(27)15-22(18)24(19)26-23/h3-5,7-11,20H,6,12-15H2,1-2H3/t20-/m1/s1. The summed E-state index contributed by atoms with van der Waals surface area (Å²) in [6.45, 7) is 0. The van der Waals surface area contributed by atoms with Crippen molar-refractivity contribution in [1.82, 2.24) is 4.98 Å². The fourth-order valence-electron chi connectivity index (χ4n) is 4.26. The molecule has 2 aliphatic carbocycles. The van der Waals surface area contributed by atoms with Crippen LogP contribution in [-0.4, -0.2) is 31.0 Å². The Morgan fingerprint density at radius 2 is 1.90 bits per heavy atom. The summed E-state index contributed by atoms with van der Waals surface area (Å²) in [5.41, 5.74) is 6.17. The van der Waals surface area contributed by atoms with E-state index in [1.54, 1.807) is 7.11 Å². The fourth-order valence-corrected chi connectivity index (χ4v) is 4.26. The van der Waals surface area contributed by atoms with E-state index in [0.29, 0.717) is 12.3 Å². The zero-order valence-electron chi connectivity index (χ0n) is 17.3. The molecule has 1 atom stereocenters. The molecular formula is C25H25NO4. The molecule has 0 fully saturated rings. The van der Waals surface area contributed by atoms with Crippen LogP contribution in [0, 0.1) is 5.92 Å². The molecule has 5 heteroatoms. The molecule has 0 aliphatic heterocycles. The molecule has 0 unspecified atom stereocenters. The van der Waals surface area contributed by atoms with Gasteiger partial charge < -0.3 is 9.47 Å². The lowest BCUT2D eigenvalue weighted by atomic mass is 9.91. The van der Waals surface area contributed by atoms with E-state index in [4.69, 9.17) is 9.47 Å². The molecule has 0 amide bonds. The Labute approximate surface area is 176 Å². The fraction of sp³-hybridized carbons (Fsp3) is 0.320. The van der Waals surface area contributed by atoms with Gasteiger partial charge in [-0.05, 0) is 47.1 Å². The number of pyridine rings is 1. The first-order chi connectivity index (χ1) is 14.6. The van der Waals surface area contributed by atoms with Gasteiger partial charge in [0.25, 0.3) is 0 Å². The summed E-state index contributed by atoms with van der Waals surface area (Å²) in [6.07, 6.45) is 6.66. The summed E-state index contributed by atoms with van der Waals surface area (Å²) in [4.78, 5) is 30.0. The number of ether oxygens (including phenoxy) is 2. The van der Waals surface area contributed by atoms with Gasteiger partial charge in [0.15, 0.2) is 0 Å². The van der Waals surface area contributed by atoms with Gasteiger partial charge in [0.2, 0.25) is 5.88 Å². The number of rotatable bonds is 2. The average molecular weight is 403 g/mol. The molecular weight excluding hydrogens is 378 g/mol. The van der Waals surface area contributed by atoms with E-state index in [-0.39, 0.29) is 24.6 Å². The normalized spacial score (nSPS) is 18.6. The van der Waals surface area contributed by atoms with Crippen LogP contribution in [0.1, 0.15) is 35.2 Å². The number of hydrogen-bond donors (Lipinski definition) is 0. The van der Waals surface area contributed by atoms with Gasteiger partial charge in [-0.3, -0.25) is 9.59 Å². The van der Waals surface area contributed by atoms with Gasteiger partial charge in [0.1, 0.15) is 5.78 Å². The third-order valence-corrected chi connectivity index (χ3v) is 5.75. The third kappa shape index (κ3) is 4.20. The zero-order chi connectivity index (χ0) is 21.1. The monoisotopic (exact) mass is 403 g/mol. The van der Waals surface area contributed by atoms with E-state index in [0.717, 1.165) is 40.8 Å². The van der Waals surface area contributed by atoms with Crippen molar-refractivity contribution in [1.29, 1.82) is 0 Å². The second-order valence-electron chi connectivity index (χ2n) is 7.81. The van der Waals surface area contributed by atoms with E-state index in [9.17, 15) is 9.59 Å². The molecule has 2 bridgehead atoms. The minimum atomic E-state index is -0.491. The third-order valence-electron chi connectivity index (χ3n) is 5.75. The topological polar surface area (TPSA) is 65.5 Å². The molecule has 2 aromatic rings. The number of carbonyl (C=O) groups excluding carboxylic acids is 2. The van der Waals surface area contributed by atoms with Gasteiger partial charge in [-0.2, -0.15) is 0 Å². The van der Waals surface area contributed by atoms with Crippen LogP contribution in [0.5, 0.6) is 5.88 Å². The Morgan fingerprint density at radius 3 is 2.70 bits per heavy atom. The van der Waals surface area contributed by atoms with Crippen molar-refractivity contribution >= 4 is 17.3 Å². The first-order valence-corrected chi connectivity index (χ1v) is 10.2. The number of methoxy groups -OCH3 is 2. The highest BCUT2D eigenvalue weighted by atomic mass is 16.5. The van der Waals surface area contributed by atoms with Crippen LogP contribution < -0.4 is 4.74 Å². The summed E-state index contributed by atoms with van der Waals surface area (Å²) in [5, 5.41) is 0. The van der Waals surface area contributed by atoms with Crippen molar-refractivity contribution in [3.05, 3.63) is 76.5 Å². The predicted octanol–water partition coefficient (Wildman–Crippen LogP) is 3.89. The highest BCUT2D eigenvalue weighted by Gasteiger charge is 2.28. The second-order valence-corrected chi connectivity index (χ2v) is 7.81. The van der Waals surface area contributed by atoms with Crippen molar-refractivity contribution in [2.24, 2.45) is 5.92 Å².